The predicted molar refractivity (Wildman–Crippen MR) is 86.0 cm³/mol. The fourth-order valence-corrected chi connectivity index (χ4v) is 3.64. The molecule has 5 nitrogen and oxygen atoms in total. The molecule has 2 aromatic rings. The van der Waals surface area contributed by atoms with Crippen LogP contribution in [0.2, 0.25) is 0 Å². The van der Waals surface area contributed by atoms with Crippen LogP contribution in [0, 0.1) is 6.92 Å². The third kappa shape index (κ3) is 3.03. The van der Waals surface area contributed by atoms with Crippen molar-refractivity contribution in [2.75, 3.05) is 20.2 Å². The van der Waals surface area contributed by atoms with E-state index in [2.05, 4.69) is 9.97 Å². The molecule has 116 valence electrons. The number of pyridine rings is 1. The van der Waals surface area contributed by atoms with Gasteiger partial charge < -0.3 is 9.64 Å². The second kappa shape index (κ2) is 6.54. The van der Waals surface area contributed by atoms with Crippen LogP contribution in [-0.4, -0.2) is 47.1 Å². The van der Waals surface area contributed by atoms with Crippen LogP contribution in [0.3, 0.4) is 0 Å². The van der Waals surface area contributed by atoms with Gasteiger partial charge >= 0.3 is 0 Å². The number of piperidine rings is 1. The number of aryl methyl sites for hydroxylation is 1. The first-order valence-electron chi connectivity index (χ1n) is 7.40. The van der Waals surface area contributed by atoms with E-state index >= 15 is 0 Å². The summed E-state index contributed by atoms with van der Waals surface area (Å²) in [6.45, 7) is 3.37. The number of carbonyl (C=O) groups is 1. The van der Waals surface area contributed by atoms with Crippen LogP contribution in [0.25, 0.3) is 10.7 Å². The van der Waals surface area contributed by atoms with Crippen molar-refractivity contribution in [2.24, 2.45) is 0 Å². The van der Waals surface area contributed by atoms with Gasteiger partial charge in [-0.2, -0.15) is 0 Å². The van der Waals surface area contributed by atoms with Crippen molar-refractivity contribution in [1.29, 1.82) is 0 Å². The van der Waals surface area contributed by atoms with Gasteiger partial charge in [-0.3, -0.25) is 9.78 Å². The van der Waals surface area contributed by atoms with Crippen molar-refractivity contribution < 1.29 is 9.53 Å². The van der Waals surface area contributed by atoms with E-state index in [4.69, 9.17) is 4.74 Å². The third-order valence-electron chi connectivity index (χ3n) is 3.94. The lowest BCUT2D eigenvalue weighted by Crippen LogP contribution is -2.40. The van der Waals surface area contributed by atoms with Crippen LogP contribution in [0.15, 0.2) is 24.4 Å². The molecule has 1 amide bonds. The van der Waals surface area contributed by atoms with Gasteiger partial charge in [0, 0.05) is 26.4 Å². The van der Waals surface area contributed by atoms with Crippen molar-refractivity contribution >= 4 is 17.2 Å². The lowest BCUT2D eigenvalue weighted by atomic mass is 10.1. The van der Waals surface area contributed by atoms with Gasteiger partial charge in [-0.25, -0.2) is 4.98 Å². The smallest absolute Gasteiger partial charge is 0.265 e. The second-order valence-corrected chi connectivity index (χ2v) is 6.37. The Labute approximate surface area is 134 Å². The molecule has 2 aromatic heterocycles. The summed E-state index contributed by atoms with van der Waals surface area (Å²) in [7, 11) is 1.73. The number of ether oxygens (including phenoxy) is 1. The fourth-order valence-electron chi connectivity index (χ4n) is 2.63. The minimum absolute atomic E-state index is 0.0757. The zero-order valence-corrected chi connectivity index (χ0v) is 13.6. The highest BCUT2D eigenvalue weighted by Gasteiger charge is 2.26. The van der Waals surface area contributed by atoms with E-state index in [9.17, 15) is 4.79 Å². The Balaban J connectivity index is 1.78. The normalized spacial score (nSPS) is 16.0. The SMILES string of the molecule is COC1CCN(C(=O)c2sc(-c3ccccn3)nc2C)CC1. The van der Waals surface area contributed by atoms with Crippen LogP contribution in [0.1, 0.15) is 28.2 Å². The summed E-state index contributed by atoms with van der Waals surface area (Å²) < 4.78 is 5.35. The van der Waals surface area contributed by atoms with Gasteiger partial charge in [0.25, 0.3) is 5.91 Å². The molecule has 0 radical (unpaired) electrons. The highest BCUT2D eigenvalue weighted by Crippen LogP contribution is 2.28. The van der Waals surface area contributed by atoms with Gasteiger partial charge in [-0.05, 0) is 31.9 Å². The molecule has 1 saturated heterocycles. The first kappa shape index (κ1) is 15.1. The second-order valence-electron chi connectivity index (χ2n) is 5.38. The van der Waals surface area contributed by atoms with E-state index in [1.54, 1.807) is 13.3 Å². The van der Waals surface area contributed by atoms with Gasteiger partial charge in [-0.15, -0.1) is 11.3 Å². The Morgan fingerprint density at radius 3 is 2.77 bits per heavy atom. The summed E-state index contributed by atoms with van der Waals surface area (Å²) in [6.07, 6.45) is 3.80. The monoisotopic (exact) mass is 317 g/mol. The van der Waals surface area contributed by atoms with Gasteiger partial charge in [-0.1, -0.05) is 6.07 Å². The van der Waals surface area contributed by atoms with Crippen molar-refractivity contribution in [3.63, 3.8) is 0 Å². The van der Waals surface area contributed by atoms with E-state index in [1.807, 2.05) is 30.0 Å². The van der Waals surface area contributed by atoms with Crippen LogP contribution in [0.5, 0.6) is 0 Å². The number of hydrogen-bond acceptors (Lipinski definition) is 5. The molecule has 0 spiro atoms. The molecular weight excluding hydrogens is 298 g/mol. The summed E-state index contributed by atoms with van der Waals surface area (Å²) in [5.41, 5.74) is 1.59. The maximum absolute atomic E-state index is 12.7. The molecule has 3 heterocycles. The van der Waals surface area contributed by atoms with E-state index < -0.39 is 0 Å². The average molecular weight is 317 g/mol. The van der Waals surface area contributed by atoms with Gasteiger partial charge in [0.05, 0.1) is 17.5 Å². The highest BCUT2D eigenvalue weighted by molar-refractivity contribution is 7.17. The summed E-state index contributed by atoms with van der Waals surface area (Å²) >= 11 is 1.42. The standard InChI is InChI=1S/C16H19N3O2S/c1-11-14(16(20)19-9-6-12(21-2)7-10-19)22-15(18-11)13-5-3-4-8-17-13/h3-5,8,12H,6-7,9-10H2,1-2H3. The van der Waals surface area contributed by atoms with E-state index in [0.29, 0.717) is 0 Å². The molecule has 0 bridgehead atoms. The van der Waals surface area contributed by atoms with Crippen LogP contribution in [-0.2, 0) is 4.74 Å². The molecule has 1 aliphatic rings. The lowest BCUT2D eigenvalue weighted by Gasteiger charge is -2.31. The Kier molecular flexibility index (Phi) is 4.49. The van der Waals surface area contributed by atoms with Crippen molar-refractivity contribution in [3.05, 3.63) is 35.0 Å². The van der Waals surface area contributed by atoms with Gasteiger partial charge in [0.1, 0.15) is 9.88 Å². The Morgan fingerprint density at radius 1 is 1.36 bits per heavy atom. The predicted octanol–water partition coefficient (Wildman–Crippen LogP) is 2.76. The molecule has 0 aliphatic carbocycles. The number of amides is 1. The summed E-state index contributed by atoms with van der Waals surface area (Å²) in [4.78, 5) is 24.1. The number of likely N-dealkylation sites (tertiary alicyclic amines) is 1. The minimum atomic E-state index is 0.0757. The number of nitrogens with zero attached hydrogens (tertiary/aromatic N) is 3. The summed E-state index contributed by atoms with van der Waals surface area (Å²) in [5.74, 6) is 0.0757. The molecule has 1 aliphatic heterocycles. The minimum Gasteiger partial charge on any atom is -0.381 e. The van der Waals surface area contributed by atoms with Crippen molar-refractivity contribution in [2.45, 2.75) is 25.9 Å². The Bertz CT molecular complexity index is 649. The maximum atomic E-state index is 12.7. The quantitative estimate of drug-likeness (QED) is 0.873. The van der Waals surface area contributed by atoms with E-state index in [1.165, 1.54) is 11.3 Å². The molecule has 22 heavy (non-hydrogen) atoms. The van der Waals surface area contributed by atoms with Crippen molar-refractivity contribution in [3.8, 4) is 10.7 Å². The number of rotatable bonds is 3. The van der Waals surface area contributed by atoms with Crippen LogP contribution < -0.4 is 0 Å². The molecule has 0 N–H and O–H groups in total. The molecular formula is C16H19N3O2S. The first-order valence-corrected chi connectivity index (χ1v) is 8.21. The van der Waals surface area contributed by atoms with Crippen molar-refractivity contribution in [1.82, 2.24) is 14.9 Å². The molecule has 6 heteroatoms. The van der Waals surface area contributed by atoms with Gasteiger partial charge in [0.15, 0.2) is 0 Å². The summed E-state index contributed by atoms with van der Waals surface area (Å²) in [5, 5.41) is 0.799. The van der Waals surface area contributed by atoms with E-state index in [-0.39, 0.29) is 12.0 Å². The molecule has 0 atom stereocenters. The molecule has 1 fully saturated rings. The zero-order valence-electron chi connectivity index (χ0n) is 12.8. The molecule has 0 unspecified atom stereocenters. The summed E-state index contributed by atoms with van der Waals surface area (Å²) in [6, 6.07) is 5.71. The number of carbonyl (C=O) groups excluding carboxylic acids is 1. The van der Waals surface area contributed by atoms with Gasteiger partial charge in [0.2, 0.25) is 0 Å². The molecule has 3 rings (SSSR count). The van der Waals surface area contributed by atoms with Crippen LogP contribution in [0.4, 0.5) is 0 Å². The first-order chi connectivity index (χ1) is 10.7. The number of methoxy groups -OCH3 is 1. The Morgan fingerprint density at radius 2 is 2.14 bits per heavy atom. The van der Waals surface area contributed by atoms with E-state index in [0.717, 1.165) is 47.2 Å². The lowest BCUT2D eigenvalue weighted by molar-refractivity contribution is 0.0353. The topological polar surface area (TPSA) is 55.3 Å². The third-order valence-corrected chi connectivity index (χ3v) is 5.11. The zero-order chi connectivity index (χ0) is 15.5. The number of hydrogen-bond donors (Lipinski definition) is 0. The average Bonchev–Trinajstić information content (AvgIpc) is 2.97. The maximum Gasteiger partial charge on any atom is 0.265 e. The van der Waals surface area contributed by atoms with Crippen LogP contribution >= 0.6 is 11.3 Å². The fraction of sp³-hybridized carbons (Fsp3) is 0.438. The largest absolute Gasteiger partial charge is 0.381 e. The molecule has 0 saturated carbocycles. The number of thiazole rings is 1. The molecule has 0 aromatic carbocycles. The Hall–Kier alpha value is -1.79. The number of aromatic nitrogens is 2. The highest BCUT2D eigenvalue weighted by atomic mass is 32.1.